The van der Waals surface area contributed by atoms with Crippen LogP contribution in [-0.4, -0.2) is 10.8 Å². The number of benzene rings is 2. The van der Waals surface area contributed by atoms with Gasteiger partial charge in [-0.15, -0.1) is 0 Å². The molecule has 1 heterocycles. The predicted molar refractivity (Wildman–Crippen MR) is 111 cm³/mol. The number of carbonyl (C=O) groups excluding carboxylic acids is 1. The molecule has 1 aromatic heterocycles. The molecule has 136 valence electrons. The number of nitrogens with one attached hydrogen (secondary N) is 1. The maximum Gasteiger partial charge on any atom is 0.134 e. The first-order chi connectivity index (χ1) is 13.1. The zero-order valence-electron chi connectivity index (χ0n) is 15.3. The van der Waals surface area contributed by atoms with E-state index in [4.69, 9.17) is 16.6 Å². The molecule has 27 heavy (non-hydrogen) atoms. The van der Waals surface area contributed by atoms with Gasteiger partial charge in [0.15, 0.2) is 0 Å². The summed E-state index contributed by atoms with van der Waals surface area (Å²) < 4.78 is 0. The minimum atomic E-state index is 0.176. The van der Waals surface area contributed by atoms with Crippen molar-refractivity contribution < 1.29 is 4.79 Å². The molecule has 0 atom stereocenters. The number of Topliss-reactive ketones (excluding diaryl/α,β-unsaturated/α-hetero) is 1. The molecule has 0 saturated carbocycles. The summed E-state index contributed by atoms with van der Waals surface area (Å²) >= 11 is 6.02. The van der Waals surface area contributed by atoms with Gasteiger partial charge in [-0.05, 0) is 67.6 Å². The average molecular weight is 377 g/mol. The highest BCUT2D eigenvalue weighted by Crippen LogP contribution is 2.34. The molecule has 0 bridgehead atoms. The topological polar surface area (TPSA) is 42.0 Å². The van der Waals surface area contributed by atoms with Crippen molar-refractivity contribution in [3.8, 4) is 11.3 Å². The number of anilines is 2. The van der Waals surface area contributed by atoms with Gasteiger partial charge in [-0.1, -0.05) is 35.9 Å². The summed E-state index contributed by atoms with van der Waals surface area (Å²) in [5, 5.41) is 4.28. The van der Waals surface area contributed by atoms with Crippen LogP contribution >= 0.6 is 11.6 Å². The van der Waals surface area contributed by atoms with Crippen LogP contribution in [0.3, 0.4) is 0 Å². The van der Waals surface area contributed by atoms with Gasteiger partial charge in [0.1, 0.15) is 5.78 Å². The summed E-state index contributed by atoms with van der Waals surface area (Å²) in [6.07, 6.45) is 3.68. The fourth-order valence-electron chi connectivity index (χ4n) is 3.57. The van der Waals surface area contributed by atoms with E-state index in [1.807, 2.05) is 48.5 Å². The van der Waals surface area contributed by atoms with Crippen LogP contribution in [0.5, 0.6) is 0 Å². The second-order valence-electron chi connectivity index (χ2n) is 7.04. The monoisotopic (exact) mass is 376 g/mol. The molecule has 0 radical (unpaired) electrons. The summed E-state index contributed by atoms with van der Waals surface area (Å²) in [4.78, 5) is 16.2. The minimum absolute atomic E-state index is 0.176. The number of pyridine rings is 1. The molecule has 3 nitrogen and oxygen atoms in total. The largest absolute Gasteiger partial charge is 0.355 e. The molecule has 3 aromatic rings. The van der Waals surface area contributed by atoms with Crippen LogP contribution in [0.1, 0.15) is 30.2 Å². The summed E-state index contributed by atoms with van der Waals surface area (Å²) in [5.41, 5.74) is 7.68. The highest BCUT2D eigenvalue weighted by molar-refractivity contribution is 6.30. The molecular weight excluding hydrogens is 356 g/mol. The van der Waals surface area contributed by atoms with Crippen molar-refractivity contribution in [2.24, 2.45) is 0 Å². The van der Waals surface area contributed by atoms with Gasteiger partial charge >= 0.3 is 0 Å². The lowest BCUT2D eigenvalue weighted by Crippen LogP contribution is -2.00. The number of aromatic nitrogens is 1. The Hall–Kier alpha value is -2.65. The highest BCUT2D eigenvalue weighted by atomic mass is 35.5. The number of rotatable bonds is 5. The van der Waals surface area contributed by atoms with E-state index in [9.17, 15) is 4.79 Å². The molecule has 0 unspecified atom stereocenters. The Morgan fingerprint density at radius 1 is 1.07 bits per heavy atom. The van der Waals surface area contributed by atoms with Gasteiger partial charge in [0, 0.05) is 34.1 Å². The standard InChI is InChI=1S/C23H21ClN2O/c1-15(27)13-16-5-11-19(12-6-16)25-23-14-22(17-7-9-18(24)10-8-17)26-21-4-2-3-20(21)23/h5-12,14H,2-4,13H2,1H3,(H,25,26). The SMILES string of the molecule is CC(=O)Cc1ccc(Nc2cc(-c3ccc(Cl)cc3)nc3c2CCC3)cc1. The molecule has 0 saturated heterocycles. The summed E-state index contributed by atoms with van der Waals surface area (Å²) in [5.74, 6) is 0.176. The van der Waals surface area contributed by atoms with E-state index in [1.165, 1.54) is 11.3 Å². The van der Waals surface area contributed by atoms with Crippen LogP contribution in [0.2, 0.25) is 5.02 Å². The molecule has 2 aromatic carbocycles. The zero-order chi connectivity index (χ0) is 18.8. The number of halogens is 1. The predicted octanol–water partition coefficient (Wildman–Crippen LogP) is 5.77. The normalized spacial score (nSPS) is 12.7. The number of hydrogen-bond donors (Lipinski definition) is 1. The van der Waals surface area contributed by atoms with E-state index >= 15 is 0 Å². The molecule has 1 N–H and O–H groups in total. The number of ketones is 1. The number of fused-ring (bicyclic) bond motifs is 1. The van der Waals surface area contributed by atoms with Gasteiger partial charge in [-0.2, -0.15) is 0 Å². The number of nitrogens with zero attached hydrogens (tertiary/aromatic N) is 1. The third kappa shape index (κ3) is 4.04. The lowest BCUT2D eigenvalue weighted by atomic mass is 10.1. The first-order valence-electron chi connectivity index (χ1n) is 9.22. The van der Waals surface area contributed by atoms with Crippen molar-refractivity contribution in [1.29, 1.82) is 0 Å². The molecule has 4 rings (SSSR count). The molecule has 4 heteroatoms. The Bertz CT molecular complexity index is 979. The molecule has 0 aliphatic heterocycles. The van der Waals surface area contributed by atoms with Crippen LogP contribution in [-0.2, 0) is 24.1 Å². The van der Waals surface area contributed by atoms with E-state index < -0.39 is 0 Å². The summed E-state index contributed by atoms with van der Waals surface area (Å²) in [7, 11) is 0. The van der Waals surface area contributed by atoms with Crippen LogP contribution in [0, 0.1) is 0 Å². The third-order valence-electron chi connectivity index (χ3n) is 4.88. The van der Waals surface area contributed by atoms with Crippen molar-refractivity contribution in [3.63, 3.8) is 0 Å². The van der Waals surface area contributed by atoms with Gasteiger partial charge in [0.2, 0.25) is 0 Å². The molecular formula is C23H21ClN2O. The van der Waals surface area contributed by atoms with E-state index in [1.54, 1.807) is 6.92 Å². The smallest absolute Gasteiger partial charge is 0.134 e. The van der Waals surface area contributed by atoms with Crippen molar-refractivity contribution in [1.82, 2.24) is 4.98 Å². The first kappa shape index (κ1) is 17.7. The third-order valence-corrected chi connectivity index (χ3v) is 5.13. The maximum atomic E-state index is 11.3. The van der Waals surface area contributed by atoms with Crippen LogP contribution in [0.4, 0.5) is 11.4 Å². The number of carbonyl (C=O) groups is 1. The summed E-state index contributed by atoms with van der Waals surface area (Å²) in [6, 6.07) is 18.0. The van der Waals surface area contributed by atoms with Crippen molar-refractivity contribution >= 4 is 28.8 Å². The van der Waals surface area contributed by atoms with Crippen molar-refractivity contribution in [3.05, 3.63) is 76.4 Å². The Morgan fingerprint density at radius 3 is 2.52 bits per heavy atom. The Labute approximate surface area is 164 Å². The minimum Gasteiger partial charge on any atom is -0.355 e. The number of aryl methyl sites for hydroxylation is 1. The van der Waals surface area contributed by atoms with E-state index in [0.717, 1.165) is 52.5 Å². The lowest BCUT2D eigenvalue weighted by Gasteiger charge is -2.14. The van der Waals surface area contributed by atoms with Gasteiger partial charge in [-0.25, -0.2) is 0 Å². The fourth-order valence-corrected chi connectivity index (χ4v) is 3.70. The maximum absolute atomic E-state index is 11.3. The van der Waals surface area contributed by atoms with Gasteiger partial charge in [0.05, 0.1) is 5.69 Å². The Kier molecular flexibility index (Phi) is 4.95. The second kappa shape index (κ2) is 7.53. The molecule has 0 fully saturated rings. The lowest BCUT2D eigenvalue weighted by molar-refractivity contribution is -0.116. The Balaban J connectivity index is 1.65. The summed E-state index contributed by atoms with van der Waals surface area (Å²) in [6.45, 7) is 1.62. The average Bonchev–Trinajstić information content (AvgIpc) is 3.12. The highest BCUT2D eigenvalue weighted by Gasteiger charge is 2.18. The van der Waals surface area contributed by atoms with Crippen LogP contribution in [0.25, 0.3) is 11.3 Å². The van der Waals surface area contributed by atoms with Crippen LogP contribution < -0.4 is 5.32 Å². The van der Waals surface area contributed by atoms with Gasteiger partial charge in [0.25, 0.3) is 0 Å². The van der Waals surface area contributed by atoms with Gasteiger partial charge in [-0.3, -0.25) is 9.78 Å². The molecule has 1 aliphatic carbocycles. The first-order valence-corrected chi connectivity index (χ1v) is 9.60. The Morgan fingerprint density at radius 2 is 1.81 bits per heavy atom. The van der Waals surface area contributed by atoms with Crippen LogP contribution in [0.15, 0.2) is 54.6 Å². The van der Waals surface area contributed by atoms with Crippen molar-refractivity contribution in [2.45, 2.75) is 32.6 Å². The quantitative estimate of drug-likeness (QED) is 0.615. The molecule has 0 amide bonds. The van der Waals surface area contributed by atoms with E-state index in [-0.39, 0.29) is 5.78 Å². The second-order valence-corrected chi connectivity index (χ2v) is 7.48. The molecule has 1 aliphatic rings. The van der Waals surface area contributed by atoms with Crippen molar-refractivity contribution in [2.75, 3.05) is 5.32 Å². The van der Waals surface area contributed by atoms with Gasteiger partial charge < -0.3 is 5.32 Å². The van der Waals surface area contributed by atoms with E-state index in [0.29, 0.717) is 6.42 Å². The fraction of sp³-hybridized carbons (Fsp3) is 0.217. The molecule has 0 spiro atoms. The van der Waals surface area contributed by atoms with E-state index in [2.05, 4.69) is 11.4 Å². The number of hydrogen-bond acceptors (Lipinski definition) is 3. The zero-order valence-corrected chi connectivity index (χ0v) is 16.0.